The van der Waals surface area contributed by atoms with Gasteiger partial charge in [0.2, 0.25) is 0 Å². The third-order valence-corrected chi connectivity index (χ3v) is 2.97. The molecule has 3 rings (SSSR count). The number of benzene rings is 1. The lowest BCUT2D eigenvalue weighted by atomic mass is 10.2. The maximum absolute atomic E-state index is 5.81. The van der Waals surface area contributed by atoms with Gasteiger partial charge in [0, 0.05) is 5.56 Å². The van der Waals surface area contributed by atoms with Crippen molar-refractivity contribution in [1.29, 1.82) is 0 Å². The summed E-state index contributed by atoms with van der Waals surface area (Å²) in [6.45, 7) is 1.97. The Balaban J connectivity index is 2.17. The summed E-state index contributed by atoms with van der Waals surface area (Å²) in [5.74, 6) is 1.44. The van der Waals surface area contributed by atoms with Crippen molar-refractivity contribution in [2.45, 2.75) is 6.92 Å². The van der Waals surface area contributed by atoms with Crippen molar-refractivity contribution >= 4 is 11.3 Å². The van der Waals surface area contributed by atoms with E-state index in [1.54, 1.807) is 17.8 Å². The van der Waals surface area contributed by atoms with Gasteiger partial charge in [0.1, 0.15) is 5.75 Å². The van der Waals surface area contributed by atoms with Crippen molar-refractivity contribution in [1.82, 2.24) is 14.6 Å². The monoisotopic (exact) mass is 254 g/mol. The van der Waals surface area contributed by atoms with Gasteiger partial charge in [-0.25, -0.2) is 9.50 Å². The van der Waals surface area contributed by atoms with E-state index in [-0.39, 0.29) is 0 Å². The normalized spacial score (nSPS) is 10.8. The van der Waals surface area contributed by atoms with Crippen LogP contribution in [0.25, 0.3) is 17.0 Å². The maximum Gasteiger partial charge on any atom is 0.182 e. The van der Waals surface area contributed by atoms with Crippen LogP contribution in [-0.2, 0) is 0 Å². The standard InChI is InChI=1S/C14H14N4O/c1-9-6-11(15)8-18-14(9)16-13(17-18)10-4-3-5-12(7-10)19-2/h3-8H,15H2,1-2H3. The molecule has 0 saturated carbocycles. The molecule has 0 amide bonds. The Morgan fingerprint density at radius 3 is 2.89 bits per heavy atom. The van der Waals surface area contributed by atoms with Crippen LogP contribution in [0, 0.1) is 6.92 Å². The number of fused-ring (bicyclic) bond motifs is 1. The predicted octanol–water partition coefficient (Wildman–Crippen LogP) is 2.30. The van der Waals surface area contributed by atoms with Gasteiger partial charge in [0.05, 0.1) is 19.0 Å². The van der Waals surface area contributed by atoms with Crippen molar-refractivity contribution < 1.29 is 4.74 Å². The summed E-state index contributed by atoms with van der Waals surface area (Å²) >= 11 is 0. The van der Waals surface area contributed by atoms with Crippen LogP contribution in [0.4, 0.5) is 5.69 Å². The molecule has 3 aromatic rings. The van der Waals surface area contributed by atoms with Crippen molar-refractivity contribution in [3.8, 4) is 17.1 Å². The number of nitrogens with two attached hydrogens (primary N) is 1. The molecule has 0 aliphatic carbocycles. The van der Waals surface area contributed by atoms with Gasteiger partial charge in [-0.3, -0.25) is 0 Å². The lowest BCUT2D eigenvalue weighted by molar-refractivity contribution is 0.415. The van der Waals surface area contributed by atoms with Crippen molar-refractivity contribution in [3.63, 3.8) is 0 Å². The highest BCUT2D eigenvalue weighted by Gasteiger charge is 2.09. The number of aryl methyl sites for hydroxylation is 1. The number of aromatic nitrogens is 3. The number of hydrogen-bond donors (Lipinski definition) is 1. The minimum absolute atomic E-state index is 0.660. The number of nitrogens with zero attached hydrogens (tertiary/aromatic N) is 3. The SMILES string of the molecule is COc1cccc(-c2nc3c(C)cc(N)cn3n2)c1. The summed E-state index contributed by atoms with van der Waals surface area (Å²) in [4.78, 5) is 4.54. The van der Waals surface area contributed by atoms with Crippen molar-refractivity contribution in [3.05, 3.63) is 42.1 Å². The number of hydrogen-bond acceptors (Lipinski definition) is 4. The summed E-state index contributed by atoms with van der Waals surface area (Å²) < 4.78 is 6.92. The third-order valence-electron chi connectivity index (χ3n) is 2.97. The van der Waals surface area contributed by atoms with Crippen LogP contribution in [-0.4, -0.2) is 21.7 Å². The molecule has 0 aliphatic rings. The number of pyridine rings is 1. The van der Waals surface area contributed by atoms with Crippen LogP contribution < -0.4 is 10.5 Å². The molecular weight excluding hydrogens is 240 g/mol. The van der Waals surface area contributed by atoms with Gasteiger partial charge in [-0.1, -0.05) is 12.1 Å². The highest BCUT2D eigenvalue weighted by Crippen LogP contribution is 2.22. The number of rotatable bonds is 2. The zero-order valence-corrected chi connectivity index (χ0v) is 10.8. The molecule has 2 N–H and O–H groups in total. The minimum Gasteiger partial charge on any atom is -0.497 e. The molecule has 2 heterocycles. The number of methoxy groups -OCH3 is 1. The van der Waals surface area contributed by atoms with Crippen molar-refractivity contribution in [2.24, 2.45) is 0 Å². The van der Waals surface area contributed by atoms with Gasteiger partial charge >= 0.3 is 0 Å². The minimum atomic E-state index is 0.660. The Morgan fingerprint density at radius 2 is 2.11 bits per heavy atom. The highest BCUT2D eigenvalue weighted by atomic mass is 16.5. The summed E-state index contributed by atoms with van der Waals surface area (Å²) in [6.07, 6.45) is 1.76. The zero-order chi connectivity index (χ0) is 13.4. The first-order valence-electron chi connectivity index (χ1n) is 5.94. The molecule has 0 bridgehead atoms. The Labute approximate surface area is 110 Å². The molecule has 2 aromatic heterocycles. The van der Waals surface area contributed by atoms with Gasteiger partial charge in [0.15, 0.2) is 11.5 Å². The fraction of sp³-hybridized carbons (Fsp3) is 0.143. The van der Waals surface area contributed by atoms with Crippen LogP contribution in [0.2, 0.25) is 0 Å². The zero-order valence-electron chi connectivity index (χ0n) is 10.8. The Kier molecular flexibility index (Phi) is 2.59. The summed E-state index contributed by atoms with van der Waals surface area (Å²) in [5.41, 5.74) is 9.21. The molecule has 19 heavy (non-hydrogen) atoms. The van der Waals surface area contributed by atoms with Crippen LogP contribution in [0.15, 0.2) is 36.5 Å². The molecule has 0 radical (unpaired) electrons. The average Bonchev–Trinajstić information content (AvgIpc) is 2.83. The van der Waals surface area contributed by atoms with Crippen LogP contribution in [0.3, 0.4) is 0 Å². The molecule has 1 aromatic carbocycles. The summed E-state index contributed by atoms with van der Waals surface area (Å²) in [5, 5.41) is 4.45. The van der Waals surface area contributed by atoms with Gasteiger partial charge in [0.25, 0.3) is 0 Å². The predicted molar refractivity (Wildman–Crippen MR) is 74.1 cm³/mol. The summed E-state index contributed by atoms with van der Waals surface area (Å²) in [7, 11) is 1.64. The van der Waals surface area contributed by atoms with E-state index in [1.807, 2.05) is 37.3 Å². The second kappa shape index (κ2) is 4.28. The van der Waals surface area contributed by atoms with Gasteiger partial charge in [-0.2, -0.15) is 0 Å². The molecule has 96 valence electrons. The molecule has 0 saturated heterocycles. The molecule has 0 unspecified atom stereocenters. The Bertz CT molecular complexity index is 748. The van der Waals surface area contributed by atoms with Crippen LogP contribution in [0.5, 0.6) is 5.75 Å². The van der Waals surface area contributed by atoms with E-state index in [4.69, 9.17) is 10.5 Å². The number of ether oxygens (including phenoxy) is 1. The number of nitrogen functional groups attached to an aromatic ring is 1. The molecular formula is C14H14N4O. The molecule has 0 aliphatic heterocycles. The van der Waals surface area contributed by atoms with E-state index in [0.717, 1.165) is 22.5 Å². The van der Waals surface area contributed by atoms with E-state index in [0.29, 0.717) is 11.5 Å². The maximum atomic E-state index is 5.81. The fourth-order valence-corrected chi connectivity index (χ4v) is 2.06. The lowest BCUT2D eigenvalue weighted by Gasteiger charge is -2.00. The van der Waals surface area contributed by atoms with E-state index in [9.17, 15) is 0 Å². The van der Waals surface area contributed by atoms with Gasteiger partial charge < -0.3 is 10.5 Å². The van der Waals surface area contributed by atoms with E-state index in [1.165, 1.54) is 0 Å². The van der Waals surface area contributed by atoms with Gasteiger partial charge in [-0.15, -0.1) is 5.10 Å². The molecule has 5 nitrogen and oxygen atoms in total. The number of anilines is 1. The molecule has 5 heteroatoms. The Morgan fingerprint density at radius 1 is 1.26 bits per heavy atom. The second-order valence-corrected chi connectivity index (χ2v) is 4.39. The fourth-order valence-electron chi connectivity index (χ4n) is 2.06. The average molecular weight is 254 g/mol. The van der Waals surface area contributed by atoms with Crippen LogP contribution >= 0.6 is 0 Å². The third kappa shape index (κ3) is 1.99. The Hall–Kier alpha value is -2.56. The topological polar surface area (TPSA) is 65.4 Å². The first-order valence-corrected chi connectivity index (χ1v) is 5.94. The largest absolute Gasteiger partial charge is 0.497 e. The highest BCUT2D eigenvalue weighted by molar-refractivity contribution is 5.63. The molecule has 0 atom stereocenters. The first kappa shape index (κ1) is 11.5. The quantitative estimate of drug-likeness (QED) is 0.762. The smallest absolute Gasteiger partial charge is 0.182 e. The molecule has 0 spiro atoms. The lowest BCUT2D eigenvalue weighted by Crippen LogP contribution is -1.94. The van der Waals surface area contributed by atoms with Gasteiger partial charge in [-0.05, 0) is 30.7 Å². The van der Waals surface area contributed by atoms with E-state index in [2.05, 4.69) is 10.1 Å². The van der Waals surface area contributed by atoms with Crippen LogP contribution in [0.1, 0.15) is 5.56 Å². The summed E-state index contributed by atoms with van der Waals surface area (Å²) in [6, 6.07) is 9.56. The first-order chi connectivity index (χ1) is 9.17. The van der Waals surface area contributed by atoms with E-state index >= 15 is 0 Å². The van der Waals surface area contributed by atoms with E-state index < -0.39 is 0 Å². The van der Waals surface area contributed by atoms with Crippen molar-refractivity contribution in [2.75, 3.05) is 12.8 Å². The molecule has 0 fully saturated rings. The second-order valence-electron chi connectivity index (χ2n) is 4.39.